The zero-order valence-electron chi connectivity index (χ0n) is 10.4. The summed E-state index contributed by atoms with van der Waals surface area (Å²) in [6.07, 6.45) is 1.11. The van der Waals surface area contributed by atoms with Crippen LogP contribution >= 0.6 is 0 Å². The maximum absolute atomic E-state index is 13.6. The van der Waals surface area contributed by atoms with Gasteiger partial charge in [0.2, 0.25) is 0 Å². The molecule has 0 amide bonds. The monoisotopic (exact) mass is 242 g/mol. The van der Waals surface area contributed by atoms with Crippen molar-refractivity contribution >= 4 is 16.6 Å². The predicted octanol–water partition coefficient (Wildman–Crippen LogP) is 4.52. The third-order valence-electron chi connectivity index (χ3n) is 3.08. The second-order valence-corrected chi connectivity index (χ2v) is 4.34. The first-order chi connectivity index (χ1) is 8.63. The minimum atomic E-state index is -0.295. The van der Waals surface area contributed by atoms with Gasteiger partial charge in [0, 0.05) is 17.4 Å². The zero-order chi connectivity index (χ0) is 13.1. The van der Waals surface area contributed by atoms with E-state index in [1.807, 2.05) is 13.0 Å². The number of carbonyl (C=O) groups is 1. The fourth-order valence-electron chi connectivity index (χ4n) is 1.95. The van der Waals surface area contributed by atoms with E-state index in [1.54, 1.807) is 24.3 Å². The van der Waals surface area contributed by atoms with Crippen LogP contribution in [0.1, 0.15) is 30.1 Å². The highest BCUT2D eigenvalue weighted by molar-refractivity contribution is 6.08. The van der Waals surface area contributed by atoms with Crippen molar-refractivity contribution in [2.24, 2.45) is 0 Å². The third-order valence-corrected chi connectivity index (χ3v) is 3.08. The van der Waals surface area contributed by atoms with E-state index in [0.717, 1.165) is 12.0 Å². The largest absolute Gasteiger partial charge is 0.294 e. The predicted molar refractivity (Wildman–Crippen MR) is 72.3 cm³/mol. The molecule has 0 radical (unpaired) electrons. The Bertz CT molecular complexity index is 614. The van der Waals surface area contributed by atoms with Crippen LogP contribution in [-0.4, -0.2) is 5.78 Å². The van der Waals surface area contributed by atoms with E-state index in [9.17, 15) is 9.18 Å². The highest BCUT2D eigenvalue weighted by atomic mass is 19.1. The lowest BCUT2D eigenvalue weighted by Gasteiger charge is -2.07. The topological polar surface area (TPSA) is 17.1 Å². The molecule has 0 heterocycles. The minimum Gasteiger partial charge on any atom is -0.294 e. The minimum absolute atomic E-state index is 0.00181. The van der Waals surface area contributed by atoms with Crippen LogP contribution in [0.4, 0.5) is 4.39 Å². The van der Waals surface area contributed by atoms with Crippen molar-refractivity contribution in [1.82, 2.24) is 0 Å². The first-order valence-electron chi connectivity index (χ1n) is 6.00. The van der Waals surface area contributed by atoms with E-state index in [-0.39, 0.29) is 11.6 Å². The van der Waals surface area contributed by atoms with E-state index in [1.165, 1.54) is 6.07 Å². The Hall–Kier alpha value is -1.96. The first-order valence-corrected chi connectivity index (χ1v) is 6.00. The average Bonchev–Trinajstić information content (AvgIpc) is 2.39. The fourth-order valence-corrected chi connectivity index (χ4v) is 1.95. The molecule has 18 heavy (non-hydrogen) atoms. The Morgan fingerprint density at radius 2 is 1.83 bits per heavy atom. The third kappa shape index (κ3) is 2.33. The molecular weight excluding hydrogens is 227 g/mol. The highest BCUT2D eigenvalue weighted by Crippen LogP contribution is 2.23. The molecule has 92 valence electrons. The summed E-state index contributed by atoms with van der Waals surface area (Å²) in [7, 11) is 0. The molecule has 0 aliphatic carbocycles. The summed E-state index contributed by atoms with van der Waals surface area (Å²) in [5, 5.41) is 1.16. The van der Waals surface area contributed by atoms with Crippen molar-refractivity contribution in [2.45, 2.75) is 19.8 Å². The van der Waals surface area contributed by atoms with Gasteiger partial charge in [-0.3, -0.25) is 4.79 Å². The molecule has 0 bridgehead atoms. The van der Waals surface area contributed by atoms with E-state index in [2.05, 4.69) is 6.58 Å². The van der Waals surface area contributed by atoms with Gasteiger partial charge in [0.05, 0.1) is 0 Å². The summed E-state index contributed by atoms with van der Waals surface area (Å²) >= 11 is 0. The molecule has 0 saturated carbocycles. The molecular formula is C16H15FO. The molecule has 0 aliphatic rings. The van der Waals surface area contributed by atoms with Crippen LogP contribution in [0, 0.1) is 5.82 Å². The number of allylic oxidation sites excluding steroid dienone is 1. The number of hydrogen-bond donors (Lipinski definition) is 0. The van der Waals surface area contributed by atoms with Gasteiger partial charge in [0.15, 0.2) is 5.78 Å². The molecule has 0 atom stereocenters. The van der Waals surface area contributed by atoms with Gasteiger partial charge in [0.1, 0.15) is 5.82 Å². The maximum Gasteiger partial charge on any atom is 0.167 e. The van der Waals surface area contributed by atoms with Crippen molar-refractivity contribution in [3.63, 3.8) is 0 Å². The van der Waals surface area contributed by atoms with E-state index >= 15 is 0 Å². The number of fused-ring (bicyclic) bond motifs is 1. The molecule has 2 aromatic carbocycles. The van der Waals surface area contributed by atoms with Gasteiger partial charge in [-0.25, -0.2) is 4.39 Å². The lowest BCUT2D eigenvalue weighted by atomic mass is 9.97. The van der Waals surface area contributed by atoms with Gasteiger partial charge in [-0.2, -0.15) is 0 Å². The summed E-state index contributed by atoms with van der Waals surface area (Å²) in [5.74, 6) is -0.297. The SMILES string of the molecule is C=C(CC)CC(=O)c1ccc(F)c2ccccc12. The molecule has 0 aromatic heterocycles. The maximum atomic E-state index is 13.6. The van der Waals surface area contributed by atoms with Crippen molar-refractivity contribution in [3.8, 4) is 0 Å². The van der Waals surface area contributed by atoms with Crippen LogP contribution in [0.15, 0.2) is 48.6 Å². The van der Waals surface area contributed by atoms with Gasteiger partial charge in [-0.05, 0) is 23.9 Å². The Labute approximate surface area is 106 Å². The molecule has 0 N–H and O–H groups in total. The Morgan fingerprint density at radius 3 is 2.50 bits per heavy atom. The molecule has 0 fully saturated rings. The quantitative estimate of drug-likeness (QED) is 0.569. The molecule has 0 unspecified atom stereocenters. The number of rotatable bonds is 4. The van der Waals surface area contributed by atoms with Gasteiger partial charge in [0.25, 0.3) is 0 Å². The van der Waals surface area contributed by atoms with Crippen molar-refractivity contribution in [3.05, 3.63) is 59.9 Å². The van der Waals surface area contributed by atoms with Crippen LogP contribution in [0.25, 0.3) is 10.8 Å². The highest BCUT2D eigenvalue weighted by Gasteiger charge is 2.12. The normalized spacial score (nSPS) is 10.6. The van der Waals surface area contributed by atoms with Gasteiger partial charge in [-0.15, -0.1) is 0 Å². The van der Waals surface area contributed by atoms with Gasteiger partial charge >= 0.3 is 0 Å². The van der Waals surface area contributed by atoms with Gasteiger partial charge in [-0.1, -0.05) is 43.3 Å². The van der Waals surface area contributed by atoms with Crippen LogP contribution in [0.3, 0.4) is 0 Å². The van der Waals surface area contributed by atoms with E-state index < -0.39 is 0 Å². The summed E-state index contributed by atoms with van der Waals surface area (Å²) in [4.78, 5) is 12.2. The molecule has 2 heteroatoms. The Kier molecular flexibility index (Phi) is 3.56. The molecule has 2 rings (SSSR count). The summed E-state index contributed by atoms with van der Waals surface area (Å²) in [5.41, 5.74) is 1.47. The van der Waals surface area contributed by atoms with Crippen molar-refractivity contribution in [2.75, 3.05) is 0 Å². The second kappa shape index (κ2) is 5.13. The number of carbonyl (C=O) groups excluding carboxylic acids is 1. The molecule has 0 aliphatic heterocycles. The average molecular weight is 242 g/mol. The number of hydrogen-bond acceptors (Lipinski definition) is 1. The van der Waals surface area contributed by atoms with E-state index in [0.29, 0.717) is 22.8 Å². The number of halogens is 1. The lowest BCUT2D eigenvalue weighted by Crippen LogP contribution is -2.02. The van der Waals surface area contributed by atoms with Crippen molar-refractivity contribution in [1.29, 1.82) is 0 Å². The lowest BCUT2D eigenvalue weighted by molar-refractivity contribution is 0.0994. The van der Waals surface area contributed by atoms with E-state index in [4.69, 9.17) is 0 Å². The summed E-state index contributed by atoms with van der Waals surface area (Å²) < 4.78 is 13.6. The first kappa shape index (κ1) is 12.5. The Morgan fingerprint density at radius 1 is 1.17 bits per heavy atom. The number of Topliss-reactive ketones (excluding diaryl/α,β-unsaturated/α-hetero) is 1. The molecule has 2 aromatic rings. The van der Waals surface area contributed by atoms with Crippen LogP contribution in [-0.2, 0) is 0 Å². The smallest absolute Gasteiger partial charge is 0.167 e. The summed E-state index contributed by atoms with van der Waals surface area (Å²) in [6.45, 7) is 5.81. The molecule has 0 saturated heterocycles. The van der Waals surface area contributed by atoms with Gasteiger partial charge < -0.3 is 0 Å². The number of benzene rings is 2. The molecule has 0 spiro atoms. The van der Waals surface area contributed by atoms with Crippen LogP contribution < -0.4 is 0 Å². The Balaban J connectivity index is 2.49. The van der Waals surface area contributed by atoms with Crippen LogP contribution in [0.5, 0.6) is 0 Å². The molecule has 1 nitrogen and oxygen atoms in total. The second-order valence-electron chi connectivity index (χ2n) is 4.34. The summed E-state index contributed by atoms with van der Waals surface area (Å²) in [6, 6.07) is 9.96. The van der Waals surface area contributed by atoms with Crippen molar-refractivity contribution < 1.29 is 9.18 Å². The zero-order valence-corrected chi connectivity index (χ0v) is 10.4. The fraction of sp³-hybridized carbons (Fsp3) is 0.188. The standard InChI is InChI=1S/C16H15FO/c1-3-11(2)10-16(18)14-8-9-15(17)13-7-5-4-6-12(13)14/h4-9H,2-3,10H2,1H3. The number of ketones is 1. The van der Waals surface area contributed by atoms with Crippen LogP contribution in [0.2, 0.25) is 0 Å².